The molecule has 0 atom stereocenters. The van der Waals surface area contributed by atoms with Crippen LogP contribution in [0.25, 0.3) is 0 Å². The van der Waals surface area contributed by atoms with E-state index in [2.05, 4.69) is 52.0 Å². The molecule has 4 aromatic carbocycles. The van der Waals surface area contributed by atoms with Crippen molar-refractivity contribution in [3.63, 3.8) is 0 Å². The molecule has 4 heteroatoms. The van der Waals surface area contributed by atoms with Crippen LogP contribution in [0.1, 0.15) is 85.5 Å². The molecule has 4 aromatic rings. The molecule has 0 aromatic heterocycles. The van der Waals surface area contributed by atoms with Crippen LogP contribution >= 0.6 is 0 Å². The lowest BCUT2D eigenvalue weighted by atomic mass is 9.84. The summed E-state index contributed by atoms with van der Waals surface area (Å²) in [7, 11) is 0. The van der Waals surface area contributed by atoms with Gasteiger partial charge in [-0.3, -0.25) is 0 Å². The van der Waals surface area contributed by atoms with Gasteiger partial charge in [0, 0.05) is 1.43 Å². The molecular formula is C40H54F4. The summed E-state index contributed by atoms with van der Waals surface area (Å²) in [6.07, 6.45) is 5.89. The lowest BCUT2D eigenvalue weighted by Crippen LogP contribution is -2.08. The van der Waals surface area contributed by atoms with Crippen molar-refractivity contribution in [1.29, 1.82) is 0 Å². The van der Waals surface area contributed by atoms with Gasteiger partial charge in [0.1, 0.15) is 11.6 Å². The first kappa shape index (κ1) is 38.6. The molecule has 0 nitrogen and oxygen atoms in total. The van der Waals surface area contributed by atoms with Gasteiger partial charge in [0.2, 0.25) is 0 Å². The van der Waals surface area contributed by atoms with Crippen molar-refractivity contribution in [3.05, 3.63) is 141 Å². The van der Waals surface area contributed by atoms with E-state index >= 15 is 0 Å². The van der Waals surface area contributed by atoms with Crippen molar-refractivity contribution in [3.8, 4) is 0 Å². The van der Waals surface area contributed by atoms with Gasteiger partial charge in [0.25, 0.3) is 0 Å². The maximum Gasteiger partial charge on any atom is 0.161 e. The first-order valence-corrected chi connectivity index (χ1v) is 15.5. The second-order valence-corrected chi connectivity index (χ2v) is 12.4. The minimum atomic E-state index is -0.736. The Morgan fingerprint density at radius 2 is 0.659 bits per heavy atom. The van der Waals surface area contributed by atoms with Crippen LogP contribution in [0.15, 0.2) is 72.8 Å². The fraction of sp³-hybridized carbons (Fsp3) is 0.400. The molecule has 0 aliphatic heterocycles. The third kappa shape index (κ3) is 15.4. The molecule has 1 fully saturated rings. The molecule has 0 N–H and O–H groups in total. The summed E-state index contributed by atoms with van der Waals surface area (Å²) in [5.74, 6) is 0.336. The number of benzene rings is 4. The average Bonchev–Trinajstić information content (AvgIpc) is 2.98. The summed E-state index contributed by atoms with van der Waals surface area (Å²) in [6, 6.07) is 22.0. The number of halogens is 4. The normalized spacial score (nSPS) is 15.1. The molecule has 0 radical (unpaired) electrons. The van der Waals surface area contributed by atoms with Crippen molar-refractivity contribution in [2.75, 3.05) is 0 Å². The molecule has 44 heavy (non-hydrogen) atoms. The van der Waals surface area contributed by atoms with E-state index < -0.39 is 11.6 Å². The van der Waals surface area contributed by atoms with Crippen LogP contribution in [-0.2, 0) is 0 Å². The quantitative estimate of drug-likeness (QED) is 0.174. The summed E-state index contributed by atoms with van der Waals surface area (Å²) >= 11 is 0. The molecule has 5 rings (SSSR count). The Morgan fingerprint density at radius 1 is 0.409 bits per heavy atom. The van der Waals surface area contributed by atoms with Gasteiger partial charge in [0.15, 0.2) is 11.6 Å². The zero-order valence-electron chi connectivity index (χ0n) is 28.4. The fourth-order valence-electron chi connectivity index (χ4n) is 4.20. The fourth-order valence-corrected chi connectivity index (χ4v) is 4.20. The lowest BCUT2D eigenvalue weighted by Gasteiger charge is -2.22. The van der Waals surface area contributed by atoms with Crippen LogP contribution in [0.5, 0.6) is 0 Å². The molecule has 0 spiro atoms. The molecule has 0 saturated heterocycles. The number of hydrogen-bond acceptors (Lipinski definition) is 0. The van der Waals surface area contributed by atoms with Gasteiger partial charge < -0.3 is 0 Å². The highest BCUT2D eigenvalue weighted by Crippen LogP contribution is 2.27. The third-order valence-corrected chi connectivity index (χ3v) is 7.65. The van der Waals surface area contributed by atoms with Crippen LogP contribution in [0.4, 0.5) is 17.6 Å². The monoisotopic (exact) mass is 611 g/mol. The molecule has 1 saturated carbocycles. The molecule has 0 bridgehead atoms. The van der Waals surface area contributed by atoms with Crippen molar-refractivity contribution in [2.24, 2.45) is 11.8 Å². The van der Waals surface area contributed by atoms with Crippen LogP contribution < -0.4 is 0 Å². The van der Waals surface area contributed by atoms with Crippen LogP contribution in [0.2, 0.25) is 0 Å². The maximum absolute atomic E-state index is 12.6. The lowest BCUT2D eigenvalue weighted by molar-refractivity contribution is 0.308. The van der Waals surface area contributed by atoms with E-state index in [9.17, 15) is 17.6 Å². The van der Waals surface area contributed by atoms with E-state index in [0.717, 1.165) is 23.0 Å². The summed E-state index contributed by atoms with van der Waals surface area (Å²) in [5.41, 5.74) is 6.72. The Balaban J connectivity index is 0.000000536. The molecular weight excluding hydrogens is 556 g/mol. The summed E-state index contributed by atoms with van der Waals surface area (Å²) in [6.45, 7) is 19.3. The van der Waals surface area contributed by atoms with Crippen LogP contribution in [-0.4, -0.2) is 0 Å². The Kier molecular flexibility index (Phi) is 17.4. The van der Waals surface area contributed by atoms with Gasteiger partial charge in [-0.15, -0.1) is 0 Å². The maximum atomic E-state index is 12.6. The minimum absolute atomic E-state index is 0. The molecule has 1 aliphatic carbocycles. The Labute approximate surface area is 266 Å². The largest absolute Gasteiger partial charge is 0.207 e. The molecule has 0 amide bonds. The van der Waals surface area contributed by atoms with Gasteiger partial charge in [-0.1, -0.05) is 111 Å². The molecule has 0 heterocycles. The second kappa shape index (κ2) is 19.8. The SMILES string of the molecule is CC1CCC(C)CC1.Cc1ccc(C)c(F)c1.Cc1ccc(C)c(F)c1.Cc1ccc(C)c(F)c1F.Cc1ccc(C)cc1.[2HH]. The van der Waals surface area contributed by atoms with E-state index in [-0.39, 0.29) is 13.1 Å². The van der Waals surface area contributed by atoms with E-state index in [1.54, 1.807) is 38.1 Å². The predicted molar refractivity (Wildman–Crippen MR) is 182 cm³/mol. The average molecular weight is 612 g/mol. The predicted octanol–water partition coefficient (Wildman–Crippen LogP) is 12.8. The number of rotatable bonds is 0. The number of aryl methyl sites for hydroxylation is 8. The Hall–Kier alpha value is -3.40. The smallest absolute Gasteiger partial charge is 0.161 e. The number of hydrogen-bond donors (Lipinski definition) is 0. The highest BCUT2D eigenvalue weighted by Gasteiger charge is 2.13. The first-order chi connectivity index (χ1) is 20.6. The zero-order valence-corrected chi connectivity index (χ0v) is 28.4. The van der Waals surface area contributed by atoms with Crippen molar-refractivity contribution >= 4 is 0 Å². The van der Waals surface area contributed by atoms with E-state index in [0.29, 0.717) is 22.3 Å². The van der Waals surface area contributed by atoms with E-state index in [1.807, 2.05) is 26.0 Å². The third-order valence-electron chi connectivity index (χ3n) is 7.65. The molecule has 1 aliphatic rings. The van der Waals surface area contributed by atoms with Gasteiger partial charge in [0.05, 0.1) is 0 Å². The topological polar surface area (TPSA) is 0 Å². The first-order valence-electron chi connectivity index (χ1n) is 15.5. The molecule has 0 unspecified atom stereocenters. The molecule has 242 valence electrons. The van der Waals surface area contributed by atoms with Gasteiger partial charge in [-0.2, -0.15) is 0 Å². The Morgan fingerprint density at radius 3 is 0.909 bits per heavy atom. The van der Waals surface area contributed by atoms with Crippen molar-refractivity contribution in [2.45, 2.75) is 94.9 Å². The summed E-state index contributed by atoms with van der Waals surface area (Å²) < 4.78 is 50.4. The van der Waals surface area contributed by atoms with E-state index in [1.165, 1.54) is 62.8 Å². The van der Waals surface area contributed by atoms with E-state index in [4.69, 9.17) is 0 Å². The highest BCUT2D eigenvalue weighted by molar-refractivity contribution is 5.24. The van der Waals surface area contributed by atoms with Crippen LogP contribution in [0, 0.1) is 90.5 Å². The Bertz CT molecular complexity index is 1300. The van der Waals surface area contributed by atoms with Crippen molar-refractivity contribution in [1.82, 2.24) is 0 Å². The highest BCUT2D eigenvalue weighted by atomic mass is 19.2. The summed E-state index contributed by atoms with van der Waals surface area (Å²) in [5, 5.41) is 0. The van der Waals surface area contributed by atoms with Gasteiger partial charge in [-0.05, 0) is 113 Å². The summed E-state index contributed by atoms with van der Waals surface area (Å²) in [4.78, 5) is 0. The van der Waals surface area contributed by atoms with Crippen molar-refractivity contribution < 1.29 is 19.0 Å². The standard InChI is InChI=1S/C8H8F2.2C8H9F.C8H16.C8H10.H2/c1-5-3-4-6(2)8(10)7(5)9;2*1-6-3-4-7(2)8(9)5-6;2*1-7-3-5-8(2)6-4-7;/h3-4H,1-2H3;2*3-5H,1-2H3;7-8H,3-6H2,1-2H3;3-6H,1-2H3;1H/i;;;;;1+1. The zero-order chi connectivity index (χ0) is 33.4. The van der Waals surface area contributed by atoms with Gasteiger partial charge >= 0.3 is 0 Å². The minimum Gasteiger partial charge on any atom is -0.207 e. The van der Waals surface area contributed by atoms with Crippen LogP contribution in [0.3, 0.4) is 0 Å². The second-order valence-electron chi connectivity index (χ2n) is 12.4. The van der Waals surface area contributed by atoms with Gasteiger partial charge in [-0.25, -0.2) is 17.6 Å².